The number of hydrogen-bond donors (Lipinski definition) is 2. The summed E-state index contributed by atoms with van der Waals surface area (Å²) >= 11 is 6.00. The lowest BCUT2D eigenvalue weighted by Crippen LogP contribution is -2.21. The van der Waals surface area contributed by atoms with E-state index in [0.717, 1.165) is 5.56 Å². The maximum absolute atomic E-state index is 12.2. The van der Waals surface area contributed by atoms with Crippen LogP contribution in [0.2, 0.25) is 5.02 Å². The van der Waals surface area contributed by atoms with Gasteiger partial charge in [-0.15, -0.1) is 0 Å². The highest BCUT2D eigenvalue weighted by Gasteiger charge is 2.05. The molecular formula is C22H21ClN4O3. The third-order valence-corrected chi connectivity index (χ3v) is 4.38. The first kappa shape index (κ1) is 21.1. The predicted molar refractivity (Wildman–Crippen MR) is 116 cm³/mol. The zero-order valence-electron chi connectivity index (χ0n) is 16.3. The molecule has 2 N–H and O–H groups in total. The molecule has 30 heavy (non-hydrogen) atoms. The van der Waals surface area contributed by atoms with Gasteiger partial charge in [-0.2, -0.15) is 5.10 Å². The van der Waals surface area contributed by atoms with Crippen LogP contribution in [0.5, 0.6) is 5.75 Å². The summed E-state index contributed by atoms with van der Waals surface area (Å²) in [6.07, 6.45) is 6.40. The molecule has 0 atom stereocenters. The standard InChI is InChI=1S/C22H21ClN4O3/c1-30-20-8-7-18(23)13-17(20)6-9-21(28)24-14-16-4-2-5-19(12-16)26-22(29)15-27-11-3-10-25-27/h2-13H,14-15H2,1H3,(H,24,28)(H,26,29). The van der Waals surface area contributed by atoms with Gasteiger partial charge in [0.1, 0.15) is 12.3 Å². The van der Waals surface area contributed by atoms with Crippen molar-refractivity contribution >= 4 is 35.2 Å². The SMILES string of the molecule is COc1ccc(Cl)cc1C=CC(=O)NCc1cccc(NC(=O)Cn2cccn2)c1. The van der Waals surface area contributed by atoms with E-state index in [9.17, 15) is 9.59 Å². The lowest BCUT2D eigenvalue weighted by atomic mass is 10.1. The molecule has 0 aliphatic heterocycles. The summed E-state index contributed by atoms with van der Waals surface area (Å²) in [6, 6.07) is 14.2. The highest BCUT2D eigenvalue weighted by Crippen LogP contribution is 2.23. The van der Waals surface area contributed by atoms with Crippen LogP contribution in [-0.4, -0.2) is 28.7 Å². The van der Waals surface area contributed by atoms with Gasteiger partial charge < -0.3 is 15.4 Å². The van der Waals surface area contributed by atoms with Gasteiger partial charge in [-0.05, 0) is 48.0 Å². The predicted octanol–water partition coefficient (Wildman–Crippen LogP) is 3.51. The molecule has 154 valence electrons. The number of carbonyl (C=O) groups is 2. The second kappa shape index (κ2) is 10.3. The van der Waals surface area contributed by atoms with E-state index in [1.54, 1.807) is 60.6 Å². The Kier molecular flexibility index (Phi) is 7.24. The highest BCUT2D eigenvalue weighted by atomic mass is 35.5. The second-order valence-electron chi connectivity index (χ2n) is 6.39. The summed E-state index contributed by atoms with van der Waals surface area (Å²) in [5, 5.41) is 10.2. The van der Waals surface area contributed by atoms with Crippen molar-refractivity contribution in [2.75, 3.05) is 12.4 Å². The molecule has 0 unspecified atom stereocenters. The van der Waals surface area contributed by atoms with E-state index < -0.39 is 0 Å². The van der Waals surface area contributed by atoms with Crippen molar-refractivity contribution in [2.24, 2.45) is 0 Å². The molecule has 2 aromatic carbocycles. The number of aromatic nitrogens is 2. The summed E-state index contributed by atoms with van der Waals surface area (Å²) in [5.74, 6) is 0.186. The molecule has 0 fully saturated rings. The van der Waals surface area contributed by atoms with Crippen LogP contribution in [0.3, 0.4) is 0 Å². The van der Waals surface area contributed by atoms with Crippen LogP contribution >= 0.6 is 11.6 Å². The van der Waals surface area contributed by atoms with E-state index in [1.807, 2.05) is 18.2 Å². The van der Waals surface area contributed by atoms with E-state index in [2.05, 4.69) is 15.7 Å². The van der Waals surface area contributed by atoms with Gasteiger partial charge in [0, 0.05) is 41.3 Å². The molecule has 0 aliphatic rings. The molecule has 3 rings (SSSR count). The van der Waals surface area contributed by atoms with Gasteiger partial charge >= 0.3 is 0 Å². The van der Waals surface area contributed by atoms with Gasteiger partial charge in [-0.3, -0.25) is 14.3 Å². The Balaban J connectivity index is 1.54. The third kappa shape index (κ3) is 6.22. The fraction of sp³-hybridized carbons (Fsp3) is 0.136. The minimum Gasteiger partial charge on any atom is -0.496 e. The zero-order chi connectivity index (χ0) is 21.3. The number of nitrogens with zero attached hydrogens (tertiary/aromatic N) is 2. The first-order valence-electron chi connectivity index (χ1n) is 9.19. The Morgan fingerprint density at radius 2 is 2.07 bits per heavy atom. The van der Waals surface area contributed by atoms with Crippen LogP contribution < -0.4 is 15.4 Å². The minimum atomic E-state index is -0.259. The Morgan fingerprint density at radius 1 is 1.20 bits per heavy atom. The molecule has 1 heterocycles. The lowest BCUT2D eigenvalue weighted by molar-refractivity contribution is -0.117. The molecule has 0 radical (unpaired) electrons. The number of rotatable bonds is 8. The van der Waals surface area contributed by atoms with Gasteiger partial charge in [0.15, 0.2) is 0 Å². The van der Waals surface area contributed by atoms with Crippen molar-refractivity contribution in [3.8, 4) is 5.75 Å². The van der Waals surface area contributed by atoms with Gasteiger partial charge in [0.25, 0.3) is 0 Å². The number of carbonyl (C=O) groups excluding carboxylic acids is 2. The first-order valence-corrected chi connectivity index (χ1v) is 9.57. The molecule has 0 saturated carbocycles. The quantitative estimate of drug-likeness (QED) is 0.542. The molecule has 3 aromatic rings. The number of anilines is 1. The van der Waals surface area contributed by atoms with Crippen molar-refractivity contribution in [2.45, 2.75) is 13.1 Å². The zero-order valence-corrected chi connectivity index (χ0v) is 17.1. The van der Waals surface area contributed by atoms with Crippen molar-refractivity contribution in [3.05, 3.63) is 83.2 Å². The second-order valence-corrected chi connectivity index (χ2v) is 6.83. The fourth-order valence-corrected chi connectivity index (χ4v) is 2.93. The number of halogens is 1. The maximum Gasteiger partial charge on any atom is 0.246 e. The van der Waals surface area contributed by atoms with Crippen molar-refractivity contribution in [1.29, 1.82) is 0 Å². The smallest absolute Gasteiger partial charge is 0.246 e. The van der Waals surface area contributed by atoms with Crippen LogP contribution in [0, 0.1) is 0 Å². The number of methoxy groups -OCH3 is 1. The Bertz CT molecular complexity index is 1050. The molecule has 0 spiro atoms. The number of nitrogens with one attached hydrogen (secondary N) is 2. The summed E-state index contributed by atoms with van der Waals surface area (Å²) < 4.78 is 6.80. The monoisotopic (exact) mass is 424 g/mol. The largest absolute Gasteiger partial charge is 0.496 e. The normalized spacial score (nSPS) is 10.7. The number of hydrogen-bond acceptors (Lipinski definition) is 4. The molecule has 8 heteroatoms. The van der Waals surface area contributed by atoms with E-state index in [0.29, 0.717) is 28.6 Å². The van der Waals surface area contributed by atoms with Crippen LogP contribution in [-0.2, 0) is 22.7 Å². The molecule has 7 nitrogen and oxygen atoms in total. The van der Waals surface area contributed by atoms with Crippen molar-refractivity contribution in [3.63, 3.8) is 0 Å². The van der Waals surface area contributed by atoms with E-state index in [-0.39, 0.29) is 18.4 Å². The van der Waals surface area contributed by atoms with Gasteiger partial charge in [-0.1, -0.05) is 23.7 Å². The molecule has 1 aromatic heterocycles. The van der Waals surface area contributed by atoms with Gasteiger partial charge in [0.05, 0.1) is 7.11 Å². The van der Waals surface area contributed by atoms with Crippen LogP contribution in [0.25, 0.3) is 6.08 Å². The molecule has 0 bridgehead atoms. The van der Waals surface area contributed by atoms with Gasteiger partial charge in [-0.25, -0.2) is 0 Å². The molecular weight excluding hydrogens is 404 g/mol. The molecule has 0 aliphatic carbocycles. The Labute approximate surface area is 179 Å². The average Bonchev–Trinajstić information content (AvgIpc) is 3.24. The number of amides is 2. The lowest BCUT2D eigenvalue weighted by Gasteiger charge is -2.08. The molecule has 2 amide bonds. The summed E-state index contributed by atoms with van der Waals surface area (Å²) in [5.41, 5.74) is 2.22. The number of ether oxygens (including phenoxy) is 1. The van der Waals surface area contributed by atoms with Crippen LogP contribution in [0.4, 0.5) is 5.69 Å². The van der Waals surface area contributed by atoms with Crippen LogP contribution in [0.15, 0.2) is 67.0 Å². The first-order chi connectivity index (χ1) is 14.5. The minimum absolute atomic E-state index is 0.131. The van der Waals surface area contributed by atoms with Crippen molar-refractivity contribution in [1.82, 2.24) is 15.1 Å². The fourth-order valence-electron chi connectivity index (χ4n) is 2.75. The summed E-state index contributed by atoms with van der Waals surface area (Å²) in [4.78, 5) is 24.2. The van der Waals surface area contributed by atoms with Crippen LogP contribution in [0.1, 0.15) is 11.1 Å². The molecule has 0 saturated heterocycles. The average molecular weight is 425 g/mol. The summed E-state index contributed by atoms with van der Waals surface area (Å²) in [6.45, 7) is 0.449. The van der Waals surface area contributed by atoms with Crippen molar-refractivity contribution < 1.29 is 14.3 Å². The van der Waals surface area contributed by atoms with Gasteiger partial charge in [0.2, 0.25) is 11.8 Å². The Hall–Kier alpha value is -3.58. The topological polar surface area (TPSA) is 85.3 Å². The van der Waals surface area contributed by atoms with E-state index >= 15 is 0 Å². The van der Waals surface area contributed by atoms with E-state index in [4.69, 9.17) is 16.3 Å². The summed E-state index contributed by atoms with van der Waals surface area (Å²) in [7, 11) is 1.56. The maximum atomic E-state index is 12.2. The number of benzene rings is 2. The third-order valence-electron chi connectivity index (χ3n) is 4.15. The Morgan fingerprint density at radius 3 is 2.83 bits per heavy atom. The van der Waals surface area contributed by atoms with E-state index in [1.165, 1.54) is 6.08 Å². The highest BCUT2D eigenvalue weighted by molar-refractivity contribution is 6.30.